The van der Waals surface area contributed by atoms with Crippen molar-refractivity contribution in [2.45, 2.75) is 92.0 Å². The van der Waals surface area contributed by atoms with E-state index in [2.05, 4.69) is 15.4 Å². The summed E-state index contributed by atoms with van der Waals surface area (Å²) in [5, 5.41) is 5.58. The number of esters is 2. The predicted molar refractivity (Wildman–Crippen MR) is 136 cm³/mol. The Labute approximate surface area is 211 Å². The molecule has 0 saturated heterocycles. The summed E-state index contributed by atoms with van der Waals surface area (Å²) < 4.78 is 10.3. The molecule has 0 bridgehead atoms. The SMILES string of the molecule is CC[C@H](C)[C@@H](C(=O)O[C@@H](CC(C)C)C(=O)N[C@@H](CC(C)C)C(=O)N[C@@H](C)/C=C/C(=O)OC)N(C)C. The lowest BCUT2D eigenvalue weighted by molar-refractivity contribution is -0.163. The quantitative estimate of drug-likeness (QED) is 0.264. The highest BCUT2D eigenvalue weighted by Gasteiger charge is 2.34. The fourth-order valence-corrected chi connectivity index (χ4v) is 3.65. The Bertz CT molecular complexity index is 720. The number of nitrogens with zero attached hydrogens (tertiary/aromatic N) is 1. The van der Waals surface area contributed by atoms with Gasteiger partial charge in [0.05, 0.1) is 7.11 Å². The Kier molecular flexibility index (Phi) is 15.2. The number of amides is 2. The minimum absolute atomic E-state index is 0.0549. The predicted octanol–water partition coefficient (Wildman–Crippen LogP) is 2.69. The van der Waals surface area contributed by atoms with Gasteiger partial charge in [0, 0.05) is 12.1 Å². The molecule has 0 aromatic carbocycles. The van der Waals surface area contributed by atoms with Gasteiger partial charge in [-0.15, -0.1) is 0 Å². The number of methoxy groups -OCH3 is 1. The lowest BCUT2D eigenvalue weighted by atomic mass is 9.98. The molecule has 2 N–H and O–H groups in total. The second-order valence-corrected chi connectivity index (χ2v) is 10.2. The molecule has 0 rings (SSSR count). The van der Waals surface area contributed by atoms with Gasteiger partial charge in [0.2, 0.25) is 5.91 Å². The highest BCUT2D eigenvalue weighted by atomic mass is 16.5. The lowest BCUT2D eigenvalue weighted by Gasteiger charge is -2.30. The number of carbonyl (C=O) groups is 4. The summed E-state index contributed by atoms with van der Waals surface area (Å²) in [6.45, 7) is 13.5. The first-order chi connectivity index (χ1) is 16.2. The maximum Gasteiger partial charge on any atom is 0.330 e. The standard InChI is InChI=1S/C26H47N3O6/c1-11-18(6)23(29(8)9)26(33)35-21(15-17(4)5)25(32)28-20(14-16(2)3)24(31)27-19(7)12-13-22(30)34-10/h12-13,16-21,23H,11,14-15H2,1-10H3,(H,27,31)(H,28,32)/b13-12+/t18-,19-,20-,21-,23-/m0/s1. The average molecular weight is 498 g/mol. The normalized spacial score (nSPS) is 16.0. The molecular weight excluding hydrogens is 450 g/mol. The molecule has 0 radical (unpaired) electrons. The molecule has 5 atom stereocenters. The van der Waals surface area contributed by atoms with Gasteiger partial charge in [0.25, 0.3) is 5.91 Å². The Hall–Kier alpha value is -2.42. The number of rotatable bonds is 15. The van der Waals surface area contributed by atoms with Crippen LogP contribution >= 0.6 is 0 Å². The van der Waals surface area contributed by atoms with E-state index in [1.165, 1.54) is 19.3 Å². The Morgan fingerprint density at radius 2 is 1.46 bits per heavy atom. The third-order valence-corrected chi connectivity index (χ3v) is 5.65. The summed E-state index contributed by atoms with van der Waals surface area (Å²) in [5.41, 5.74) is 0. The molecule has 35 heavy (non-hydrogen) atoms. The Morgan fingerprint density at radius 3 is 1.91 bits per heavy atom. The molecular formula is C26H47N3O6. The van der Waals surface area contributed by atoms with E-state index >= 15 is 0 Å². The van der Waals surface area contributed by atoms with Crippen LogP contribution < -0.4 is 10.6 Å². The Balaban J connectivity index is 5.59. The molecule has 9 nitrogen and oxygen atoms in total. The average Bonchev–Trinajstić information content (AvgIpc) is 2.75. The lowest BCUT2D eigenvalue weighted by Crippen LogP contribution is -2.53. The van der Waals surface area contributed by atoms with Crippen LogP contribution in [0.4, 0.5) is 0 Å². The zero-order valence-electron chi connectivity index (χ0n) is 23.2. The van der Waals surface area contributed by atoms with Crippen molar-refractivity contribution in [2.24, 2.45) is 17.8 Å². The van der Waals surface area contributed by atoms with Gasteiger partial charge in [-0.05, 0) is 51.6 Å². The van der Waals surface area contributed by atoms with E-state index in [0.717, 1.165) is 6.42 Å². The zero-order chi connectivity index (χ0) is 27.3. The van der Waals surface area contributed by atoms with E-state index in [-0.39, 0.29) is 23.7 Å². The van der Waals surface area contributed by atoms with Crippen molar-refractivity contribution < 1.29 is 28.7 Å². The molecule has 0 aromatic heterocycles. The summed E-state index contributed by atoms with van der Waals surface area (Å²) >= 11 is 0. The van der Waals surface area contributed by atoms with Gasteiger partial charge in [-0.1, -0.05) is 54.0 Å². The van der Waals surface area contributed by atoms with E-state index in [0.29, 0.717) is 12.8 Å². The molecule has 9 heteroatoms. The van der Waals surface area contributed by atoms with Gasteiger partial charge in [-0.25, -0.2) is 4.79 Å². The van der Waals surface area contributed by atoms with E-state index in [4.69, 9.17) is 4.74 Å². The van der Waals surface area contributed by atoms with Gasteiger partial charge < -0.3 is 20.1 Å². The van der Waals surface area contributed by atoms with Crippen LogP contribution in [0.2, 0.25) is 0 Å². The van der Waals surface area contributed by atoms with Crippen LogP contribution in [-0.2, 0) is 28.7 Å². The van der Waals surface area contributed by atoms with Crippen molar-refractivity contribution in [1.29, 1.82) is 0 Å². The number of hydrogen-bond acceptors (Lipinski definition) is 7. The number of likely N-dealkylation sites (N-methyl/N-ethyl adjacent to an activating group) is 1. The first kappa shape index (κ1) is 32.6. The fourth-order valence-electron chi connectivity index (χ4n) is 3.65. The van der Waals surface area contributed by atoms with Crippen LogP contribution in [-0.4, -0.2) is 74.1 Å². The van der Waals surface area contributed by atoms with Crippen LogP contribution in [0.15, 0.2) is 12.2 Å². The van der Waals surface area contributed by atoms with Crippen molar-refractivity contribution in [2.75, 3.05) is 21.2 Å². The fraction of sp³-hybridized carbons (Fsp3) is 0.769. The number of hydrogen-bond donors (Lipinski definition) is 2. The van der Waals surface area contributed by atoms with Crippen molar-refractivity contribution in [3.63, 3.8) is 0 Å². The third kappa shape index (κ3) is 12.7. The maximum absolute atomic E-state index is 13.2. The number of carbonyl (C=O) groups excluding carboxylic acids is 4. The topological polar surface area (TPSA) is 114 Å². The molecule has 2 amide bonds. The molecule has 202 valence electrons. The van der Waals surface area contributed by atoms with Crippen molar-refractivity contribution in [3.8, 4) is 0 Å². The molecule has 0 aromatic rings. The van der Waals surface area contributed by atoms with Crippen LogP contribution in [0.1, 0.15) is 67.7 Å². The zero-order valence-corrected chi connectivity index (χ0v) is 23.2. The largest absolute Gasteiger partial charge is 0.466 e. The second kappa shape index (κ2) is 16.3. The summed E-state index contributed by atoms with van der Waals surface area (Å²) in [6, 6.07) is -1.74. The van der Waals surface area contributed by atoms with Crippen LogP contribution in [0.3, 0.4) is 0 Å². The van der Waals surface area contributed by atoms with E-state index < -0.39 is 42.1 Å². The minimum atomic E-state index is -1.01. The molecule has 0 heterocycles. The van der Waals surface area contributed by atoms with Crippen molar-refractivity contribution in [3.05, 3.63) is 12.2 Å². The van der Waals surface area contributed by atoms with E-state index in [1.54, 1.807) is 11.8 Å². The first-order valence-corrected chi connectivity index (χ1v) is 12.5. The molecule has 0 unspecified atom stereocenters. The molecule has 0 aliphatic heterocycles. The summed E-state index contributed by atoms with van der Waals surface area (Å²) in [7, 11) is 4.90. The van der Waals surface area contributed by atoms with Crippen LogP contribution in [0.5, 0.6) is 0 Å². The van der Waals surface area contributed by atoms with Gasteiger partial charge in [0.1, 0.15) is 12.1 Å². The van der Waals surface area contributed by atoms with Gasteiger partial charge >= 0.3 is 11.9 Å². The van der Waals surface area contributed by atoms with Crippen LogP contribution in [0.25, 0.3) is 0 Å². The molecule has 0 spiro atoms. The number of ether oxygens (including phenoxy) is 2. The highest BCUT2D eigenvalue weighted by molar-refractivity contribution is 5.91. The Morgan fingerprint density at radius 1 is 0.886 bits per heavy atom. The summed E-state index contributed by atoms with van der Waals surface area (Å²) in [6.07, 6.45) is 3.27. The van der Waals surface area contributed by atoms with Gasteiger partial charge in [-0.2, -0.15) is 0 Å². The third-order valence-electron chi connectivity index (χ3n) is 5.65. The molecule has 0 fully saturated rings. The smallest absolute Gasteiger partial charge is 0.330 e. The van der Waals surface area contributed by atoms with Crippen molar-refractivity contribution in [1.82, 2.24) is 15.5 Å². The molecule has 0 aliphatic rings. The highest BCUT2D eigenvalue weighted by Crippen LogP contribution is 2.18. The van der Waals surface area contributed by atoms with Gasteiger partial charge in [0.15, 0.2) is 6.10 Å². The summed E-state index contributed by atoms with van der Waals surface area (Å²) in [5.74, 6) is -1.56. The summed E-state index contributed by atoms with van der Waals surface area (Å²) in [4.78, 5) is 52.3. The molecule has 0 saturated carbocycles. The maximum atomic E-state index is 13.2. The van der Waals surface area contributed by atoms with Crippen LogP contribution in [0, 0.1) is 17.8 Å². The van der Waals surface area contributed by atoms with E-state index in [1.807, 2.05) is 55.6 Å². The van der Waals surface area contributed by atoms with Crippen molar-refractivity contribution >= 4 is 23.8 Å². The second-order valence-electron chi connectivity index (χ2n) is 10.2. The van der Waals surface area contributed by atoms with Gasteiger partial charge in [-0.3, -0.25) is 19.3 Å². The first-order valence-electron chi connectivity index (χ1n) is 12.5. The van der Waals surface area contributed by atoms with E-state index in [9.17, 15) is 19.2 Å². The monoisotopic (exact) mass is 497 g/mol. The molecule has 0 aliphatic carbocycles. The number of nitrogens with one attached hydrogen (secondary N) is 2. The minimum Gasteiger partial charge on any atom is -0.466 e.